The summed E-state index contributed by atoms with van der Waals surface area (Å²) in [5.41, 5.74) is 9.11. The summed E-state index contributed by atoms with van der Waals surface area (Å²) in [6.45, 7) is 5.76. The third kappa shape index (κ3) is 2.22. The van der Waals surface area contributed by atoms with E-state index in [9.17, 15) is 5.11 Å². The van der Waals surface area contributed by atoms with E-state index in [1.807, 2.05) is 13.8 Å². The highest BCUT2D eigenvalue weighted by molar-refractivity contribution is 6.32. The summed E-state index contributed by atoms with van der Waals surface area (Å²) < 4.78 is 0. The molecular weight excluding hydrogens is 248 g/mol. The van der Waals surface area contributed by atoms with Gasteiger partial charge >= 0.3 is 0 Å². The van der Waals surface area contributed by atoms with E-state index in [0.717, 1.165) is 30.6 Å². The van der Waals surface area contributed by atoms with Crippen molar-refractivity contribution < 1.29 is 5.11 Å². The minimum Gasteiger partial charge on any atom is -0.506 e. The second-order valence-corrected chi connectivity index (χ2v) is 5.74. The highest BCUT2D eigenvalue weighted by Gasteiger charge is 2.32. The Morgan fingerprint density at radius 1 is 1.50 bits per heavy atom. The minimum atomic E-state index is 0.173. The normalized spacial score (nSPS) is 24.7. The predicted molar refractivity (Wildman–Crippen MR) is 75.1 cm³/mol. The number of nitrogens with zero attached hydrogens (tertiary/aromatic N) is 1. The molecule has 18 heavy (non-hydrogen) atoms. The molecule has 0 amide bonds. The summed E-state index contributed by atoms with van der Waals surface area (Å²) >= 11 is 6.16. The molecule has 3 nitrogen and oxygen atoms in total. The first-order chi connectivity index (χ1) is 8.45. The molecule has 1 aliphatic heterocycles. The van der Waals surface area contributed by atoms with Gasteiger partial charge in [0.2, 0.25) is 0 Å². The first kappa shape index (κ1) is 13.7. The maximum absolute atomic E-state index is 9.75. The molecule has 1 heterocycles. The maximum Gasteiger partial charge on any atom is 0.134 e. The van der Waals surface area contributed by atoms with Gasteiger partial charge in [0.15, 0.2) is 0 Å². The third-order valence-electron chi connectivity index (χ3n) is 4.04. The number of likely N-dealkylation sites (tertiary alicyclic amines) is 1. The molecule has 0 saturated carbocycles. The largest absolute Gasteiger partial charge is 0.506 e. The van der Waals surface area contributed by atoms with Crippen LogP contribution in [0.25, 0.3) is 0 Å². The van der Waals surface area contributed by atoms with E-state index in [4.69, 9.17) is 17.3 Å². The molecule has 1 fully saturated rings. The number of nitrogens with two attached hydrogens (primary N) is 1. The molecule has 3 N–H and O–H groups in total. The lowest BCUT2D eigenvalue weighted by molar-refractivity contribution is 0.311. The van der Waals surface area contributed by atoms with Crippen molar-refractivity contribution in [3.05, 3.63) is 27.8 Å². The van der Waals surface area contributed by atoms with E-state index in [2.05, 4.69) is 11.9 Å². The van der Waals surface area contributed by atoms with E-state index in [1.165, 1.54) is 5.56 Å². The van der Waals surface area contributed by atoms with Crippen LogP contribution >= 0.6 is 11.6 Å². The molecule has 2 unspecified atom stereocenters. The number of hydrogen-bond donors (Lipinski definition) is 2. The predicted octanol–water partition coefficient (Wildman–Crippen LogP) is 2.61. The fraction of sp³-hybridized carbons (Fsp3) is 0.571. The van der Waals surface area contributed by atoms with Crippen molar-refractivity contribution in [3.8, 4) is 5.75 Å². The lowest BCUT2D eigenvalue weighted by atomic mass is 9.92. The molecule has 1 aromatic carbocycles. The monoisotopic (exact) mass is 268 g/mol. The molecule has 1 aliphatic rings. The number of aryl methyl sites for hydroxylation is 1. The van der Waals surface area contributed by atoms with Gasteiger partial charge < -0.3 is 10.8 Å². The van der Waals surface area contributed by atoms with Crippen molar-refractivity contribution in [2.24, 2.45) is 11.7 Å². The van der Waals surface area contributed by atoms with E-state index < -0.39 is 0 Å². The lowest BCUT2D eigenvalue weighted by Gasteiger charge is -2.24. The Kier molecular flexibility index (Phi) is 3.85. The van der Waals surface area contributed by atoms with Crippen molar-refractivity contribution in [1.29, 1.82) is 0 Å². The topological polar surface area (TPSA) is 49.5 Å². The van der Waals surface area contributed by atoms with Crippen LogP contribution in [0.3, 0.4) is 0 Å². The van der Waals surface area contributed by atoms with Crippen LogP contribution in [-0.4, -0.2) is 30.1 Å². The van der Waals surface area contributed by atoms with E-state index >= 15 is 0 Å². The zero-order valence-electron chi connectivity index (χ0n) is 11.2. The van der Waals surface area contributed by atoms with Gasteiger partial charge in [0.05, 0.1) is 5.02 Å². The zero-order chi connectivity index (χ0) is 13.4. The molecule has 2 atom stereocenters. The molecule has 0 bridgehead atoms. The Bertz CT molecular complexity index is 462. The summed E-state index contributed by atoms with van der Waals surface area (Å²) in [6.07, 6.45) is 1.07. The van der Waals surface area contributed by atoms with Crippen LogP contribution < -0.4 is 5.73 Å². The van der Waals surface area contributed by atoms with Crippen LogP contribution in [0.5, 0.6) is 5.75 Å². The van der Waals surface area contributed by atoms with Crippen molar-refractivity contribution in [2.75, 3.05) is 20.1 Å². The summed E-state index contributed by atoms with van der Waals surface area (Å²) in [5, 5.41) is 10.2. The molecule has 0 radical (unpaired) electrons. The molecular formula is C14H21ClN2O. The van der Waals surface area contributed by atoms with Crippen LogP contribution in [0, 0.1) is 19.8 Å². The Morgan fingerprint density at radius 3 is 2.72 bits per heavy atom. The van der Waals surface area contributed by atoms with Crippen molar-refractivity contribution >= 4 is 11.6 Å². The van der Waals surface area contributed by atoms with Crippen molar-refractivity contribution in [3.63, 3.8) is 0 Å². The Balaban J connectivity index is 2.43. The van der Waals surface area contributed by atoms with E-state index in [-0.39, 0.29) is 5.75 Å². The number of aromatic hydroxyl groups is 1. The summed E-state index contributed by atoms with van der Waals surface area (Å²) in [7, 11) is 2.12. The summed E-state index contributed by atoms with van der Waals surface area (Å²) in [5.74, 6) is 0.720. The van der Waals surface area contributed by atoms with Crippen LogP contribution in [0.15, 0.2) is 6.07 Å². The van der Waals surface area contributed by atoms with Gasteiger partial charge in [-0.1, -0.05) is 11.6 Å². The number of halogens is 1. The number of hydrogen-bond acceptors (Lipinski definition) is 3. The molecule has 2 rings (SSSR count). The Labute approximate surface area is 114 Å². The lowest BCUT2D eigenvalue weighted by Crippen LogP contribution is -2.21. The fourth-order valence-corrected chi connectivity index (χ4v) is 3.24. The molecule has 0 aliphatic carbocycles. The molecule has 4 heteroatoms. The van der Waals surface area contributed by atoms with Crippen LogP contribution in [0.1, 0.15) is 29.2 Å². The van der Waals surface area contributed by atoms with Gasteiger partial charge in [-0.25, -0.2) is 0 Å². The van der Waals surface area contributed by atoms with Gasteiger partial charge in [0, 0.05) is 12.6 Å². The zero-order valence-corrected chi connectivity index (χ0v) is 12.0. The second-order valence-electron chi connectivity index (χ2n) is 5.36. The number of benzene rings is 1. The fourth-order valence-electron chi connectivity index (χ4n) is 3.08. The molecule has 1 aromatic rings. The van der Waals surface area contributed by atoms with Crippen LogP contribution in [-0.2, 0) is 0 Å². The molecule has 0 spiro atoms. The van der Waals surface area contributed by atoms with Gasteiger partial charge in [-0.3, -0.25) is 4.90 Å². The standard InChI is InChI=1S/C14H21ClN2O/c1-8-4-12(18)14(15)9(2)13(8)11-5-10(6-16)7-17(11)3/h4,10-11,18H,5-7,16H2,1-3H3. The van der Waals surface area contributed by atoms with E-state index in [1.54, 1.807) is 6.07 Å². The number of phenolic OH excluding ortho intramolecular Hbond substituents is 1. The molecule has 100 valence electrons. The quantitative estimate of drug-likeness (QED) is 0.867. The highest BCUT2D eigenvalue weighted by Crippen LogP contribution is 2.41. The third-order valence-corrected chi connectivity index (χ3v) is 4.51. The van der Waals surface area contributed by atoms with Crippen molar-refractivity contribution in [1.82, 2.24) is 4.90 Å². The first-order valence-electron chi connectivity index (χ1n) is 6.34. The number of phenols is 1. The van der Waals surface area contributed by atoms with Gasteiger partial charge in [0.25, 0.3) is 0 Å². The smallest absolute Gasteiger partial charge is 0.134 e. The first-order valence-corrected chi connectivity index (χ1v) is 6.72. The van der Waals surface area contributed by atoms with E-state index in [0.29, 0.717) is 17.0 Å². The van der Waals surface area contributed by atoms with Crippen LogP contribution in [0.4, 0.5) is 0 Å². The Hall–Kier alpha value is -0.770. The van der Waals surface area contributed by atoms with Crippen molar-refractivity contribution in [2.45, 2.75) is 26.3 Å². The van der Waals surface area contributed by atoms with Gasteiger partial charge in [-0.15, -0.1) is 0 Å². The van der Waals surface area contributed by atoms with Gasteiger partial charge in [-0.05, 0) is 62.5 Å². The maximum atomic E-state index is 9.75. The molecule has 0 aromatic heterocycles. The second kappa shape index (κ2) is 5.08. The highest BCUT2D eigenvalue weighted by atomic mass is 35.5. The summed E-state index contributed by atoms with van der Waals surface area (Å²) in [4.78, 5) is 2.33. The SMILES string of the molecule is Cc1cc(O)c(Cl)c(C)c1C1CC(CN)CN1C. The average Bonchev–Trinajstić information content (AvgIpc) is 2.68. The van der Waals surface area contributed by atoms with Crippen LogP contribution in [0.2, 0.25) is 5.02 Å². The van der Waals surface area contributed by atoms with Gasteiger partial charge in [0.1, 0.15) is 5.75 Å². The minimum absolute atomic E-state index is 0.173. The Morgan fingerprint density at radius 2 is 2.17 bits per heavy atom. The average molecular weight is 269 g/mol. The summed E-state index contributed by atoms with van der Waals surface area (Å²) in [6, 6.07) is 2.12. The number of rotatable bonds is 2. The van der Waals surface area contributed by atoms with Gasteiger partial charge in [-0.2, -0.15) is 0 Å². The molecule has 1 saturated heterocycles.